The van der Waals surface area contributed by atoms with Gasteiger partial charge in [-0.2, -0.15) is 0 Å². The summed E-state index contributed by atoms with van der Waals surface area (Å²) in [4.78, 5) is 0. The van der Waals surface area contributed by atoms with Crippen LogP contribution in [-0.2, 0) is 0 Å². The van der Waals surface area contributed by atoms with Crippen molar-refractivity contribution in [1.82, 2.24) is 0 Å². The Labute approximate surface area is 177 Å². The number of hydrogen-bond donors (Lipinski definition) is 0. The Balaban J connectivity index is 2.71. The number of hydrogen-bond acceptors (Lipinski definition) is 2. The molecule has 0 aliphatic heterocycles. The molecule has 0 heterocycles. The molecule has 2 radical (unpaired) electrons. The summed E-state index contributed by atoms with van der Waals surface area (Å²) in [6, 6.07) is 10.4. The third kappa shape index (κ3) is 10.2. The van der Waals surface area contributed by atoms with Gasteiger partial charge in [-0.1, -0.05) is 0 Å². The molecule has 0 aromatic heterocycles. The van der Waals surface area contributed by atoms with Gasteiger partial charge in [0.25, 0.3) is 0 Å². The Hall–Kier alpha value is -0.951. The normalized spacial score (nSPS) is 11.6. The van der Waals surface area contributed by atoms with Crippen molar-refractivity contribution in [2.45, 2.75) is 88.4 Å². The zero-order chi connectivity index (χ0) is 19.8. The second-order valence-corrected chi connectivity index (χ2v) is 12.2. The molecule has 0 amide bonds. The van der Waals surface area contributed by atoms with E-state index in [2.05, 4.69) is 49.1 Å². The van der Waals surface area contributed by atoms with Gasteiger partial charge in [0.05, 0.1) is 0 Å². The number of rotatable bonds is 15. The van der Waals surface area contributed by atoms with Crippen molar-refractivity contribution in [1.29, 1.82) is 5.26 Å². The predicted octanol–water partition coefficient (Wildman–Crippen LogP) is 7.38. The molecule has 2 nitrogen and oxygen atoms in total. The number of nitriles is 1. The van der Waals surface area contributed by atoms with Crippen LogP contribution in [0.15, 0.2) is 28.4 Å². The van der Waals surface area contributed by atoms with Gasteiger partial charge in [0, 0.05) is 0 Å². The zero-order valence-electron chi connectivity index (χ0n) is 17.6. The van der Waals surface area contributed by atoms with Gasteiger partial charge >= 0.3 is 178 Å². The standard InChI is InChI=1S/C13H27.C11H10NO.Sn/c1-4-7-10-13(11-8-5-2)12-9-6-3;1-2-10-4-6-11(7-5-10)13-9-3-8-12;/h4-12H2,1-3H3;1-2,4-7H,3,9H2;. The Morgan fingerprint density at radius 1 is 0.963 bits per heavy atom. The van der Waals surface area contributed by atoms with Crippen LogP contribution in [0.25, 0.3) is 6.08 Å². The summed E-state index contributed by atoms with van der Waals surface area (Å²) in [5, 5.41) is 8.58. The Morgan fingerprint density at radius 2 is 1.52 bits per heavy atom. The molecule has 0 saturated heterocycles. The molecule has 0 aliphatic rings. The molecule has 0 aliphatic carbocycles. The van der Waals surface area contributed by atoms with E-state index in [0.29, 0.717) is 16.5 Å². The van der Waals surface area contributed by atoms with Crippen molar-refractivity contribution >= 4 is 27.2 Å². The summed E-state index contributed by atoms with van der Waals surface area (Å²) in [6.45, 7) is 7.44. The van der Waals surface area contributed by atoms with Crippen molar-refractivity contribution in [3.05, 3.63) is 33.9 Å². The second kappa shape index (κ2) is 15.0. The average molecular weight is 474 g/mol. The molecule has 148 valence electrons. The molecule has 27 heavy (non-hydrogen) atoms. The third-order valence-electron chi connectivity index (χ3n) is 5.05. The summed E-state index contributed by atoms with van der Waals surface area (Å²) in [5.41, 5.74) is 1.26. The molecule has 1 aromatic rings. The van der Waals surface area contributed by atoms with Crippen LogP contribution in [0, 0.1) is 11.3 Å². The van der Waals surface area contributed by atoms with Crippen LogP contribution in [0.1, 0.15) is 90.5 Å². The van der Waals surface area contributed by atoms with Crippen LogP contribution >= 0.6 is 0 Å². The van der Waals surface area contributed by atoms with Gasteiger partial charge < -0.3 is 0 Å². The average Bonchev–Trinajstić information content (AvgIpc) is 2.70. The Morgan fingerprint density at radius 3 is 2.00 bits per heavy atom. The number of benzene rings is 1. The first kappa shape index (κ1) is 24.1. The summed E-state index contributed by atoms with van der Waals surface area (Å²) in [5.74, 6) is 0.852. The molecule has 3 heteroatoms. The second-order valence-electron chi connectivity index (χ2n) is 7.39. The predicted molar refractivity (Wildman–Crippen MR) is 118 cm³/mol. The SMILES string of the molecule is CCCC[C](CCCC)(CCCC)[Sn]/[CH]=C/c1ccc(OCCC#N)cc1. The molecule has 0 unspecified atom stereocenters. The number of nitrogens with zero attached hydrogens (tertiary/aromatic N) is 1. The molecule has 0 spiro atoms. The molecule has 0 fully saturated rings. The number of unbranched alkanes of at least 4 members (excludes halogenated alkanes) is 3. The summed E-state index contributed by atoms with van der Waals surface area (Å²) >= 11 is -0.585. The fraction of sp³-hybridized carbons (Fsp3) is 0.625. The van der Waals surface area contributed by atoms with E-state index >= 15 is 0 Å². The van der Waals surface area contributed by atoms with E-state index in [1.165, 1.54) is 63.4 Å². The van der Waals surface area contributed by atoms with Crippen LogP contribution in [0.5, 0.6) is 5.75 Å². The number of ether oxygens (including phenoxy) is 1. The van der Waals surface area contributed by atoms with Gasteiger partial charge in [-0.15, -0.1) is 0 Å². The molecule has 1 aromatic carbocycles. The first-order valence-electron chi connectivity index (χ1n) is 10.7. The van der Waals surface area contributed by atoms with Gasteiger partial charge in [-0.25, -0.2) is 0 Å². The molecular weight excluding hydrogens is 437 g/mol. The van der Waals surface area contributed by atoms with Gasteiger partial charge in [-0.05, 0) is 0 Å². The summed E-state index contributed by atoms with van der Waals surface area (Å²) in [6.07, 6.45) is 15.2. The maximum atomic E-state index is 8.58. The van der Waals surface area contributed by atoms with E-state index in [4.69, 9.17) is 10.00 Å². The topological polar surface area (TPSA) is 33.0 Å². The Kier molecular flexibility index (Phi) is 13.4. The first-order chi connectivity index (χ1) is 13.2. The molecule has 0 saturated carbocycles. The minimum atomic E-state index is -0.585. The zero-order valence-corrected chi connectivity index (χ0v) is 20.5. The van der Waals surface area contributed by atoms with Crippen molar-refractivity contribution in [2.24, 2.45) is 0 Å². The molecular formula is C24H37NOSn. The van der Waals surface area contributed by atoms with Crippen molar-refractivity contribution in [3.8, 4) is 11.8 Å². The summed E-state index contributed by atoms with van der Waals surface area (Å²) in [7, 11) is 0. The van der Waals surface area contributed by atoms with E-state index in [-0.39, 0.29) is 0 Å². The summed E-state index contributed by atoms with van der Waals surface area (Å²) < 4.78 is 8.78. The van der Waals surface area contributed by atoms with E-state index < -0.39 is 21.1 Å². The molecule has 0 atom stereocenters. The van der Waals surface area contributed by atoms with Crippen molar-refractivity contribution in [3.63, 3.8) is 0 Å². The minimum absolute atomic E-state index is 0.434. The van der Waals surface area contributed by atoms with Crippen LogP contribution in [0.4, 0.5) is 0 Å². The van der Waals surface area contributed by atoms with Crippen LogP contribution < -0.4 is 4.74 Å². The molecule has 0 N–H and O–H groups in total. The van der Waals surface area contributed by atoms with E-state index in [1.807, 2.05) is 12.1 Å². The first-order valence-corrected chi connectivity index (χ1v) is 13.8. The quantitative estimate of drug-likeness (QED) is 0.196. The monoisotopic (exact) mass is 475 g/mol. The molecule has 1 rings (SSSR count). The maximum absolute atomic E-state index is 8.58. The third-order valence-corrected chi connectivity index (χ3v) is 9.89. The van der Waals surface area contributed by atoms with Gasteiger partial charge in [-0.3, -0.25) is 0 Å². The van der Waals surface area contributed by atoms with E-state index in [9.17, 15) is 0 Å². The van der Waals surface area contributed by atoms with Crippen LogP contribution in [-0.4, -0.2) is 27.7 Å². The Bertz CT molecular complexity index is 537. The van der Waals surface area contributed by atoms with E-state index in [1.54, 1.807) is 0 Å². The van der Waals surface area contributed by atoms with Gasteiger partial charge in [0.15, 0.2) is 0 Å². The van der Waals surface area contributed by atoms with Crippen molar-refractivity contribution in [2.75, 3.05) is 6.61 Å². The fourth-order valence-corrected chi connectivity index (χ4v) is 7.89. The van der Waals surface area contributed by atoms with Gasteiger partial charge in [0.1, 0.15) is 0 Å². The van der Waals surface area contributed by atoms with Crippen LogP contribution in [0.2, 0.25) is 3.43 Å². The fourth-order valence-electron chi connectivity index (χ4n) is 3.34. The van der Waals surface area contributed by atoms with E-state index in [0.717, 1.165) is 5.75 Å². The molecule has 0 bridgehead atoms. The van der Waals surface area contributed by atoms with Crippen molar-refractivity contribution < 1.29 is 4.74 Å². The van der Waals surface area contributed by atoms with Gasteiger partial charge in [0.2, 0.25) is 0 Å². The van der Waals surface area contributed by atoms with Crippen LogP contribution in [0.3, 0.4) is 0 Å².